The highest BCUT2D eigenvalue weighted by molar-refractivity contribution is 9.10. The molecule has 0 saturated carbocycles. The van der Waals surface area contributed by atoms with Crippen molar-refractivity contribution in [2.75, 3.05) is 6.54 Å². The van der Waals surface area contributed by atoms with Gasteiger partial charge in [0.25, 0.3) is 11.1 Å². The van der Waals surface area contributed by atoms with Gasteiger partial charge in [0.2, 0.25) is 0 Å². The highest BCUT2D eigenvalue weighted by Gasteiger charge is 2.34. The van der Waals surface area contributed by atoms with Gasteiger partial charge in [-0.05, 0) is 71.2 Å². The lowest BCUT2D eigenvalue weighted by Crippen LogP contribution is -2.28. The van der Waals surface area contributed by atoms with Crippen LogP contribution in [0.2, 0.25) is 0 Å². The zero-order valence-corrected chi connectivity index (χ0v) is 15.9. The van der Waals surface area contributed by atoms with Gasteiger partial charge in [0.1, 0.15) is 5.75 Å². The summed E-state index contributed by atoms with van der Waals surface area (Å²) in [7, 11) is 0. The fraction of sp³-hybridized carbons (Fsp3) is 0.412. The average molecular weight is 398 g/mol. The third-order valence-electron chi connectivity index (χ3n) is 3.48. The van der Waals surface area contributed by atoms with Gasteiger partial charge in [-0.1, -0.05) is 19.9 Å². The van der Waals surface area contributed by atoms with E-state index in [2.05, 4.69) is 22.9 Å². The minimum Gasteiger partial charge on any atom is -0.490 e. The van der Waals surface area contributed by atoms with Crippen molar-refractivity contribution in [1.29, 1.82) is 0 Å². The third-order valence-corrected chi connectivity index (χ3v) is 5.00. The lowest BCUT2D eigenvalue weighted by molar-refractivity contribution is -0.122. The Balaban J connectivity index is 2.19. The van der Waals surface area contributed by atoms with Crippen LogP contribution in [0.15, 0.2) is 27.6 Å². The molecule has 0 bridgehead atoms. The molecule has 1 aliphatic rings. The lowest BCUT2D eigenvalue weighted by atomic mass is 10.2. The Morgan fingerprint density at radius 1 is 1.35 bits per heavy atom. The van der Waals surface area contributed by atoms with Gasteiger partial charge in [0.05, 0.1) is 15.5 Å². The molecule has 1 fully saturated rings. The van der Waals surface area contributed by atoms with Crippen molar-refractivity contribution in [2.45, 2.75) is 39.7 Å². The van der Waals surface area contributed by atoms with Gasteiger partial charge in [-0.2, -0.15) is 0 Å². The Morgan fingerprint density at radius 3 is 2.70 bits per heavy atom. The summed E-state index contributed by atoms with van der Waals surface area (Å²) in [6.45, 7) is 6.50. The Morgan fingerprint density at radius 2 is 2.09 bits per heavy atom. The topological polar surface area (TPSA) is 46.6 Å². The first-order valence-corrected chi connectivity index (χ1v) is 9.28. The molecule has 0 radical (unpaired) electrons. The maximum absolute atomic E-state index is 12.2. The van der Waals surface area contributed by atoms with Gasteiger partial charge >= 0.3 is 0 Å². The molecule has 0 spiro atoms. The van der Waals surface area contributed by atoms with Gasteiger partial charge in [0.15, 0.2) is 0 Å². The van der Waals surface area contributed by atoms with E-state index in [9.17, 15) is 9.59 Å². The fourth-order valence-corrected chi connectivity index (χ4v) is 3.43. The van der Waals surface area contributed by atoms with Crippen LogP contribution < -0.4 is 4.74 Å². The molecule has 124 valence electrons. The summed E-state index contributed by atoms with van der Waals surface area (Å²) >= 11 is 4.49. The number of benzene rings is 1. The van der Waals surface area contributed by atoms with E-state index in [1.54, 1.807) is 6.08 Å². The van der Waals surface area contributed by atoms with Gasteiger partial charge in [-0.15, -0.1) is 0 Å². The van der Waals surface area contributed by atoms with Crippen molar-refractivity contribution < 1.29 is 14.3 Å². The molecule has 0 unspecified atom stereocenters. The summed E-state index contributed by atoms with van der Waals surface area (Å²) in [6, 6.07) is 5.65. The average Bonchev–Trinajstić information content (AvgIpc) is 2.78. The molecule has 1 aliphatic heterocycles. The minimum atomic E-state index is -0.210. The molecular formula is C17H20BrNO3S. The quantitative estimate of drug-likeness (QED) is 0.628. The largest absolute Gasteiger partial charge is 0.490 e. The minimum absolute atomic E-state index is 0.141. The van der Waals surface area contributed by atoms with Crippen LogP contribution in [0.1, 0.15) is 39.2 Å². The maximum atomic E-state index is 12.2. The molecule has 2 rings (SSSR count). The predicted octanol–water partition coefficient (Wildman–Crippen LogP) is 5.07. The number of rotatable bonds is 6. The second-order valence-corrected chi connectivity index (χ2v) is 7.21. The molecule has 6 heteroatoms. The van der Waals surface area contributed by atoms with Gasteiger partial charge in [0, 0.05) is 6.54 Å². The van der Waals surface area contributed by atoms with Crippen molar-refractivity contribution in [3.8, 4) is 5.75 Å². The van der Waals surface area contributed by atoms with Crippen LogP contribution in [0.4, 0.5) is 4.79 Å². The SMILES string of the molecule is CCCN1C(=O)S/C(=C/c2ccc(O[C@@H](C)CC)c(Br)c2)C1=O. The smallest absolute Gasteiger partial charge is 0.293 e. The number of halogens is 1. The van der Waals surface area contributed by atoms with Crippen molar-refractivity contribution in [3.63, 3.8) is 0 Å². The second-order valence-electron chi connectivity index (χ2n) is 5.36. The molecule has 4 nitrogen and oxygen atoms in total. The van der Waals surface area contributed by atoms with Crippen LogP contribution in [-0.4, -0.2) is 28.7 Å². The van der Waals surface area contributed by atoms with Crippen LogP contribution in [0.25, 0.3) is 6.08 Å². The molecule has 2 amide bonds. The van der Waals surface area contributed by atoms with Crippen molar-refractivity contribution in [3.05, 3.63) is 33.1 Å². The standard InChI is InChI=1S/C17H20BrNO3S/c1-4-8-19-16(20)15(23-17(19)21)10-12-6-7-14(13(18)9-12)22-11(3)5-2/h6-7,9-11H,4-5,8H2,1-3H3/b15-10+/t11-/m0/s1. The number of carbonyl (C=O) groups is 2. The van der Waals surface area contributed by atoms with E-state index in [0.717, 1.165) is 40.4 Å². The van der Waals surface area contributed by atoms with Gasteiger partial charge < -0.3 is 4.74 Å². The first-order chi connectivity index (χ1) is 11.0. The Kier molecular flexibility index (Phi) is 6.30. The summed E-state index contributed by atoms with van der Waals surface area (Å²) in [5.41, 5.74) is 0.857. The van der Waals surface area contributed by atoms with E-state index < -0.39 is 0 Å². The monoisotopic (exact) mass is 397 g/mol. The van der Waals surface area contributed by atoms with E-state index >= 15 is 0 Å². The second kappa shape index (κ2) is 8.02. The maximum Gasteiger partial charge on any atom is 0.293 e. The highest BCUT2D eigenvalue weighted by Crippen LogP contribution is 2.34. The van der Waals surface area contributed by atoms with Crippen LogP contribution in [-0.2, 0) is 4.79 Å². The normalized spacial score (nSPS) is 17.9. The van der Waals surface area contributed by atoms with E-state index in [1.165, 1.54) is 4.90 Å². The van der Waals surface area contributed by atoms with Crippen LogP contribution >= 0.6 is 27.7 Å². The first-order valence-electron chi connectivity index (χ1n) is 7.67. The highest BCUT2D eigenvalue weighted by atomic mass is 79.9. The van der Waals surface area contributed by atoms with E-state index in [0.29, 0.717) is 11.4 Å². The molecule has 0 N–H and O–H groups in total. The summed E-state index contributed by atoms with van der Waals surface area (Å²) in [4.78, 5) is 25.8. The van der Waals surface area contributed by atoms with Crippen LogP contribution in [0.5, 0.6) is 5.75 Å². The third kappa shape index (κ3) is 4.38. The molecule has 1 saturated heterocycles. The van der Waals surface area contributed by atoms with Gasteiger partial charge in [-0.25, -0.2) is 0 Å². The number of hydrogen-bond acceptors (Lipinski definition) is 4. The molecule has 1 aromatic rings. The number of ether oxygens (including phenoxy) is 1. The Bertz CT molecular complexity index is 645. The summed E-state index contributed by atoms with van der Waals surface area (Å²) in [5, 5.41) is -0.195. The number of amides is 2. The first kappa shape index (κ1) is 18.1. The van der Waals surface area contributed by atoms with Crippen molar-refractivity contribution >= 4 is 44.9 Å². The van der Waals surface area contributed by atoms with Gasteiger partial charge in [-0.3, -0.25) is 14.5 Å². The number of imide groups is 1. The zero-order valence-electron chi connectivity index (χ0n) is 13.5. The van der Waals surface area contributed by atoms with E-state index in [1.807, 2.05) is 32.0 Å². The number of hydrogen-bond donors (Lipinski definition) is 0. The summed E-state index contributed by atoms with van der Waals surface area (Å²) < 4.78 is 6.64. The number of thioether (sulfide) groups is 1. The summed E-state index contributed by atoms with van der Waals surface area (Å²) in [5.74, 6) is 0.563. The van der Waals surface area contributed by atoms with Crippen molar-refractivity contribution in [2.24, 2.45) is 0 Å². The number of carbonyl (C=O) groups excluding carboxylic acids is 2. The molecule has 0 aliphatic carbocycles. The molecule has 23 heavy (non-hydrogen) atoms. The molecule has 1 atom stereocenters. The summed E-state index contributed by atoms with van der Waals surface area (Å²) in [6.07, 6.45) is 3.58. The van der Waals surface area contributed by atoms with Crippen LogP contribution in [0, 0.1) is 0 Å². The Labute approximate surface area is 149 Å². The number of nitrogens with zero attached hydrogens (tertiary/aromatic N) is 1. The molecule has 1 heterocycles. The van der Waals surface area contributed by atoms with Crippen molar-refractivity contribution in [1.82, 2.24) is 4.90 Å². The Hall–Kier alpha value is -1.27. The van der Waals surface area contributed by atoms with Crippen LogP contribution in [0.3, 0.4) is 0 Å². The lowest BCUT2D eigenvalue weighted by Gasteiger charge is -2.14. The predicted molar refractivity (Wildman–Crippen MR) is 97.5 cm³/mol. The molecule has 0 aromatic heterocycles. The molecule has 1 aromatic carbocycles. The fourth-order valence-electron chi connectivity index (χ4n) is 2.07. The zero-order chi connectivity index (χ0) is 17.0. The molecular weight excluding hydrogens is 378 g/mol. The van der Waals surface area contributed by atoms with E-state index in [4.69, 9.17) is 4.74 Å². The van der Waals surface area contributed by atoms with E-state index in [-0.39, 0.29) is 17.3 Å².